The van der Waals surface area contributed by atoms with Gasteiger partial charge in [-0.15, -0.1) is 0 Å². The lowest BCUT2D eigenvalue weighted by molar-refractivity contribution is 0.542. The molecule has 96 valence electrons. The molecule has 0 heterocycles. The van der Waals surface area contributed by atoms with Crippen molar-refractivity contribution in [2.45, 2.75) is 18.9 Å². The molecular formula is C11H15F2NO2S. The Morgan fingerprint density at radius 3 is 2.59 bits per heavy atom. The third-order valence-corrected chi connectivity index (χ3v) is 3.42. The molecule has 0 saturated heterocycles. The molecule has 0 aliphatic carbocycles. The molecule has 1 atom stereocenters. The molecule has 1 aromatic rings. The Morgan fingerprint density at radius 2 is 2.00 bits per heavy atom. The lowest BCUT2D eigenvalue weighted by Crippen LogP contribution is -2.14. The van der Waals surface area contributed by atoms with Crippen LogP contribution in [0.4, 0.5) is 8.78 Å². The standard InChI is InChI=1S/C11H15F2NO2S/c1-17(15,16)6-2-3-11(14)9-7-8(12)4-5-10(9)13/h4-5,7,11H,2-3,6,14H2,1H3. The second-order valence-corrected chi connectivity index (χ2v) is 6.30. The minimum Gasteiger partial charge on any atom is -0.324 e. The second-order valence-electron chi connectivity index (χ2n) is 4.04. The highest BCUT2D eigenvalue weighted by Crippen LogP contribution is 2.20. The van der Waals surface area contributed by atoms with E-state index >= 15 is 0 Å². The van der Waals surface area contributed by atoms with Crippen molar-refractivity contribution in [3.05, 3.63) is 35.4 Å². The van der Waals surface area contributed by atoms with Crippen LogP contribution in [0.5, 0.6) is 0 Å². The summed E-state index contributed by atoms with van der Waals surface area (Å²) >= 11 is 0. The van der Waals surface area contributed by atoms with Crippen molar-refractivity contribution in [3.63, 3.8) is 0 Å². The van der Waals surface area contributed by atoms with E-state index in [1.54, 1.807) is 0 Å². The summed E-state index contributed by atoms with van der Waals surface area (Å²) in [6.45, 7) is 0. The predicted octanol–water partition coefficient (Wildman–Crippen LogP) is 1.79. The van der Waals surface area contributed by atoms with Crippen molar-refractivity contribution in [3.8, 4) is 0 Å². The lowest BCUT2D eigenvalue weighted by Gasteiger charge is -2.12. The van der Waals surface area contributed by atoms with Gasteiger partial charge in [-0.2, -0.15) is 0 Å². The molecule has 1 aromatic carbocycles. The van der Waals surface area contributed by atoms with Gasteiger partial charge in [0, 0.05) is 23.6 Å². The number of halogens is 2. The molecule has 1 rings (SSSR count). The summed E-state index contributed by atoms with van der Waals surface area (Å²) in [4.78, 5) is 0. The van der Waals surface area contributed by atoms with E-state index in [9.17, 15) is 17.2 Å². The Balaban J connectivity index is 2.64. The van der Waals surface area contributed by atoms with Crippen molar-refractivity contribution < 1.29 is 17.2 Å². The first-order valence-electron chi connectivity index (χ1n) is 5.18. The van der Waals surface area contributed by atoms with Gasteiger partial charge in [0.15, 0.2) is 0 Å². The van der Waals surface area contributed by atoms with Crippen molar-refractivity contribution in [2.75, 3.05) is 12.0 Å². The molecule has 0 saturated carbocycles. The van der Waals surface area contributed by atoms with E-state index in [2.05, 4.69) is 0 Å². The molecule has 0 radical (unpaired) electrons. The highest BCUT2D eigenvalue weighted by Gasteiger charge is 2.13. The Hall–Kier alpha value is -1.01. The fraction of sp³-hybridized carbons (Fsp3) is 0.455. The van der Waals surface area contributed by atoms with E-state index in [4.69, 9.17) is 5.73 Å². The van der Waals surface area contributed by atoms with Gasteiger partial charge in [-0.1, -0.05) is 0 Å². The van der Waals surface area contributed by atoms with E-state index in [0.29, 0.717) is 12.8 Å². The Kier molecular flexibility index (Phi) is 4.59. The molecule has 17 heavy (non-hydrogen) atoms. The second kappa shape index (κ2) is 5.55. The smallest absolute Gasteiger partial charge is 0.147 e. The van der Waals surface area contributed by atoms with Gasteiger partial charge in [-0.25, -0.2) is 17.2 Å². The van der Waals surface area contributed by atoms with Gasteiger partial charge >= 0.3 is 0 Å². The summed E-state index contributed by atoms with van der Waals surface area (Å²) in [5, 5.41) is 0. The molecule has 0 aliphatic rings. The zero-order valence-corrected chi connectivity index (χ0v) is 10.3. The van der Waals surface area contributed by atoms with Crippen LogP contribution in [0.1, 0.15) is 24.4 Å². The molecule has 6 heteroatoms. The van der Waals surface area contributed by atoms with Crippen LogP contribution in [0.25, 0.3) is 0 Å². The number of benzene rings is 1. The minimum absolute atomic E-state index is 0.00235. The summed E-state index contributed by atoms with van der Waals surface area (Å²) in [7, 11) is -3.04. The summed E-state index contributed by atoms with van der Waals surface area (Å²) in [5.74, 6) is -1.13. The SMILES string of the molecule is CS(=O)(=O)CCCC(N)c1cc(F)ccc1F. The monoisotopic (exact) mass is 263 g/mol. The molecule has 1 unspecified atom stereocenters. The van der Waals surface area contributed by atoms with Gasteiger partial charge in [0.1, 0.15) is 21.5 Å². The maximum atomic E-state index is 13.3. The number of hydrogen-bond acceptors (Lipinski definition) is 3. The van der Waals surface area contributed by atoms with Gasteiger partial charge in [-0.05, 0) is 31.0 Å². The molecule has 0 spiro atoms. The van der Waals surface area contributed by atoms with E-state index < -0.39 is 27.5 Å². The fourth-order valence-electron chi connectivity index (χ4n) is 1.52. The van der Waals surface area contributed by atoms with E-state index in [1.807, 2.05) is 0 Å². The third-order valence-electron chi connectivity index (χ3n) is 2.39. The van der Waals surface area contributed by atoms with Crippen LogP contribution in [0.3, 0.4) is 0 Å². The van der Waals surface area contributed by atoms with Gasteiger partial charge in [0.25, 0.3) is 0 Å². The predicted molar refractivity (Wildman–Crippen MR) is 62.2 cm³/mol. The van der Waals surface area contributed by atoms with Gasteiger partial charge in [0.2, 0.25) is 0 Å². The molecule has 0 aliphatic heterocycles. The average Bonchev–Trinajstić information content (AvgIpc) is 2.19. The van der Waals surface area contributed by atoms with Gasteiger partial charge in [-0.3, -0.25) is 0 Å². The van der Waals surface area contributed by atoms with Crippen LogP contribution in [-0.2, 0) is 9.84 Å². The molecule has 0 aromatic heterocycles. The molecular weight excluding hydrogens is 248 g/mol. The Bertz CT molecular complexity index is 488. The maximum absolute atomic E-state index is 13.3. The minimum atomic E-state index is -3.04. The maximum Gasteiger partial charge on any atom is 0.147 e. The number of sulfone groups is 1. The highest BCUT2D eigenvalue weighted by atomic mass is 32.2. The first-order valence-corrected chi connectivity index (χ1v) is 7.24. The summed E-state index contributed by atoms with van der Waals surface area (Å²) in [5.41, 5.74) is 5.77. The topological polar surface area (TPSA) is 60.2 Å². The van der Waals surface area contributed by atoms with Crippen LogP contribution in [-0.4, -0.2) is 20.4 Å². The molecule has 2 N–H and O–H groups in total. The first kappa shape index (κ1) is 14.1. The zero-order valence-electron chi connectivity index (χ0n) is 9.49. The lowest BCUT2D eigenvalue weighted by atomic mass is 10.0. The van der Waals surface area contributed by atoms with E-state index in [-0.39, 0.29) is 11.3 Å². The number of nitrogens with two attached hydrogens (primary N) is 1. The number of rotatable bonds is 5. The normalized spacial score (nSPS) is 13.6. The van der Waals surface area contributed by atoms with Crippen LogP contribution < -0.4 is 5.73 Å². The van der Waals surface area contributed by atoms with Crippen molar-refractivity contribution in [1.82, 2.24) is 0 Å². The summed E-state index contributed by atoms with van der Waals surface area (Å²) in [6, 6.07) is 2.39. The Labute approximate surface area is 99.6 Å². The van der Waals surface area contributed by atoms with Crippen LogP contribution in [0.2, 0.25) is 0 Å². The van der Waals surface area contributed by atoms with Crippen molar-refractivity contribution in [1.29, 1.82) is 0 Å². The average molecular weight is 263 g/mol. The summed E-state index contributed by atoms with van der Waals surface area (Å²) in [6.07, 6.45) is 1.75. The largest absolute Gasteiger partial charge is 0.324 e. The molecule has 0 fully saturated rings. The third kappa shape index (κ3) is 4.79. The van der Waals surface area contributed by atoms with Gasteiger partial charge < -0.3 is 5.73 Å². The first-order chi connectivity index (χ1) is 7.79. The van der Waals surface area contributed by atoms with Crippen molar-refractivity contribution in [2.24, 2.45) is 5.73 Å². The quantitative estimate of drug-likeness (QED) is 0.881. The van der Waals surface area contributed by atoms with Crippen LogP contribution in [0, 0.1) is 11.6 Å². The molecule has 0 bridgehead atoms. The Morgan fingerprint density at radius 1 is 1.35 bits per heavy atom. The van der Waals surface area contributed by atoms with E-state index in [1.165, 1.54) is 0 Å². The molecule has 0 amide bonds. The number of hydrogen-bond donors (Lipinski definition) is 1. The van der Waals surface area contributed by atoms with Crippen LogP contribution >= 0.6 is 0 Å². The van der Waals surface area contributed by atoms with Crippen LogP contribution in [0.15, 0.2) is 18.2 Å². The highest BCUT2D eigenvalue weighted by molar-refractivity contribution is 7.90. The van der Waals surface area contributed by atoms with Crippen molar-refractivity contribution >= 4 is 9.84 Å². The van der Waals surface area contributed by atoms with Gasteiger partial charge in [0.05, 0.1) is 0 Å². The molecule has 3 nitrogen and oxygen atoms in total. The zero-order chi connectivity index (χ0) is 13.1. The summed E-state index contributed by atoms with van der Waals surface area (Å²) < 4.78 is 48.0. The van der Waals surface area contributed by atoms with E-state index in [0.717, 1.165) is 24.5 Å². The fourth-order valence-corrected chi connectivity index (χ4v) is 2.21.